The minimum atomic E-state index is -1.03. The van der Waals surface area contributed by atoms with Crippen molar-refractivity contribution in [1.82, 2.24) is 10.2 Å². The number of β-amino-alcohol motifs (C(OH)–C–C–N with tert-alkyl or cyclic N) is 1. The van der Waals surface area contributed by atoms with E-state index in [1.807, 2.05) is 17.0 Å². The number of aliphatic hydroxyl groups is 1. The van der Waals surface area contributed by atoms with Crippen LogP contribution in [0.2, 0.25) is 0 Å². The van der Waals surface area contributed by atoms with Gasteiger partial charge in [0, 0.05) is 32.1 Å². The third-order valence-electron chi connectivity index (χ3n) is 3.47. The molecule has 2 rings (SSSR count). The molecule has 0 unspecified atom stereocenters. The molecule has 1 aromatic rings. The largest absolute Gasteiger partial charge is 0.482 e. The second-order valence-electron chi connectivity index (χ2n) is 5.36. The maximum Gasteiger partial charge on any atom is 0.341 e. The third-order valence-corrected chi connectivity index (χ3v) is 3.47. The molecule has 0 spiro atoms. The van der Waals surface area contributed by atoms with Gasteiger partial charge in [0.25, 0.3) is 0 Å². The summed E-state index contributed by atoms with van der Waals surface area (Å²) < 4.78 is 5.27. The van der Waals surface area contributed by atoms with Crippen molar-refractivity contribution in [3.8, 4) is 5.75 Å². The van der Waals surface area contributed by atoms with E-state index < -0.39 is 18.7 Å². The maximum absolute atomic E-state index is 11.1. The molecule has 0 saturated carbocycles. The average molecular weight is 308 g/mol. The topological polar surface area (TPSA) is 99.1 Å². The Morgan fingerprint density at radius 1 is 1.36 bits per heavy atom. The van der Waals surface area contributed by atoms with Gasteiger partial charge in [-0.1, -0.05) is 18.2 Å². The van der Waals surface area contributed by atoms with Crippen LogP contribution in [0.15, 0.2) is 24.3 Å². The van der Waals surface area contributed by atoms with E-state index in [0.717, 1.165) is 5.56 Å². The summed E-state index contributed by atoms with van der Waals surface area (Å²) in [5, 5.41) is 21.4. The highest BCUT2D eigenvalue weighted by Gasteiger charge is 2.32. The van der Waals surface area contributed by atoms with Crippen molar-refractivity contribution in [3.05, 3.63) is 29.8 Å². The van der Waals surface area contributed by atoms with Crippen molar-refractivity contribution < 1.29 is 24.5 Å². The summed E-state index contributed by atoms with van der Waals surface area (Å²) in [5.41, 5.74) is 0.847. The first kappa shape index (κ1) is 16.3. The van der Waals surface area contributed by atoms with Crippen LogP contribution in [-0.4, -0.2) is 58.8 Å². The number of carbonyl (C=O) groups excluding carboxylic acids is 1. The number of hydrogen-bond donors (Lipinski definition) is 3. The number of nitrogens with one attached hydrogen (secondary N) is 1. The van der Waals surface area contributed by atoms with Crippen LogP contribution in [-0.2, 0) is 16.1 Å². The minimum Gasteiger partial charge on any atom is -0.482 e. The Morgan fingerprint density at radius 2 is 2.09 bits per heavy atom. The SMILES string of the molecule is CC(=O)N[C@@H]1CN(Cc2ccccc2OCC(=O)O)C[C@H]1O. The smallest absolute Gasteiger partial charge is 0.341 e. The molecule has 0 bridgehead atoms. The van der Waals surface area contributed by atoms with Crippen LogP contribution in [0.1, 0.15) is 12.5 Å². The Balaban J connectivity index is 1.99. The van der Waals surface area contributed by atoms with Gasteiger partial charge in [-0.15, -0.1) is 0 Å². The first-order valence-corrected chi connectivity index (χ1v) is 7.05. The Hall–Kier alpha value is -2.12. The molecule has 0 aliphatic carbocycles. The number of carboxylic acids is 1. The van der Waals surface area contributed by atoms with Crippen LogP contribution in [0.3, 0.4) is 0 Å². The van der Waals surface area contributed by atoms with Gasteiger partial charge in [0.15, 0.2) is 6.61 Å². The van der Waals surface area contributed by atoms with Gasteiger partial charge in [0.05, 0.1) is 12.1 Å². The molecule has 120 valence electrons. The third kappa shape index (κ3) is 4.44. The predicted octanol–water partition coefficient (Wildman–Crippen LogP) is -0.169. The Bertz CT molecular complexity index is 548. The van der Waals surface area contributed by atoms with E-state index in [-0.39, 0.29) is 11.9 Å². The highest BCUT2D eigenvalue weighted by atomic mass is 16.5. The molecule has 1 aromatic carbocycles. The van der Waals surface area contributed by atoms with E-state index in [4.69, 9.17) is 9.84 Å². The highest BCUT2D eigenvalue weighted by molar-refractivity contribution is 5.73. The quantitative estimate of drug-likeness (QED) is 0.675. The molecule has 0 radical (unpaired) electrons. The van der Waals surface area contributed by atoms with Crippen LogP contribution in [0.4, 0.5) is 0 Å². The number of carboxylic acid groups (broad SMARTS) is 1. The Labute approximate surface area is 128 Å². The number of nitrogens with zero attached hydrogens (tertiary/aromatic N) is 1. The fraction of sp³-hybridized carbons (Fsp3) is 0.467. The molecule has 3 N–H and O–H groups in total. The number of rotatable bonds is 6. The van der Waals surface area contributed by atoms with E-state index in [9.17, 15) is 14.7 Å². The molecule has 0 aromatic heterocycles. The lowest BCUT2D eigenvalue weighted by atomic mass is 10.2. The summed E-state index contributed by atoms with van der Waals surface area (Å²) in [5.74, 6) is -0.685. The van der Waals surface area contributed by atoms with Crippen molar-refractivity contribution in [2.75, 3.05) is 19.7 Å². The molecule has 1 aliphatic rings. The lowest BCUT2D eigenvalue weighted by Crippen LogP contribution is -2.41. The molecule has 7 nitrogen and oxygen atoms in total. The van der Waals surface area contributed by atoms with Gasteiger partial charge < -0.3 is 20.3 Å². The van der Waals surface area contributed by atoms with Gasteiger partial charge >= 0.3 is 5.97 Å². The van der Waals surface area contributed by atoms with Gasteiger partial charge in [-0.2, -0.15) is 0 Å². The summed E-state index contributed by atoms with van der Waals surface area (Å²) >= 11 is 0. The van der Waals surface area contributed by atoms with Crippen LogP contribution >= 0.6 is 0 Å². The number of para-hydroxylation sites is 1. The molecule has 1 saturated heterocycles. The molecule has 1 aliphatic heterocycles. The summed E-state index contributed by atoms with van der Waals surface area (Å²) in [6.07, 6.45) is -0.615. The summed E-state index contributed by atoms with van der Waals surface area (Å²) in [4.78, 5) is 23.7. The molecule has 1 amide bonds. The first-order chi connectivity index (χ1) is 10.5. The van der Waals surface area contributed by atoms with E-state index >= 15 is 0 Å². The summed E-state index contributed by atoms with van der Waals surface area (Å²) in [6, 6.07) is 6.91. The second-order valence-corrected chi connectivity index (χ2v) is 5.36. The van der Waals surface area contributed by atoms with Crippen LogP contribution in [0.25, 0.3) is 0 Å². The maximum atomic E-state index is 11.1. The molecular weight excluding hydrogens is 288 g/mol. The normalized spacial score (nSPS) is 21.5. The van der Waals surface area contributed by atoms with E-state index in [0.29, 0.717) is 25.4 Å². The number of likely N-dealkylation sites (tertiary alicyclic amines) is 1. The molecule has 2 atom stereocenters. The Morgan fingerprint density at radius 3 is 2.77 bits per heavy atom. The Kier molecular flexibility index (Phi) is 5.35. The standard InChI is InChI=1S/C15H20N2O5/c1-10(18)16-12-7-17(8-13(12)19)6-11-4-2-3-5-14(11)22-9-15(20)21/h2-5,12-13,19H,6-9H2,1H3,(H,16,18)(H,20,21)/t12-,13-/m1/s1. The summed E-state index contributed by atoms with van der Waals surface area (Å²) in [6.45, 7) is 2.52. The van der Waals surface area contributed by atoms with Gasteiger partial charge in [0.2, 0.25) is 5.91 Å². The second kappa shape index (κ2) is 7.24. The molecule has 1 fully saturated rings. The van der Waals surface area contributed by atoms with Crippen LogP contribution in [0, 0.1) is 0 Å². The minimum absolute atomic E-state index is 0.170. The summed E-state index contributed by atoms with van der Waals surface area (Å²) in [7, 11) is 0. The van der Waals surface area contributed by atoms with Gasteiger partial charge in [-0.25, -0.2) is 4.79 Å². The van der Waals surface area contributed by atoms with Crippen molar-refractivity contribution in [2.45, 2.75) is 25.6 Å². The zero-order valence-corrected chi connectivity index (χ0v) is 12.4. The fourth-order valence-corrected chi connectivity index (χ4v) is 2.55. The average Bonchev–Trinajstić information content (AvgIpc) is 2.77. The molecule has 22 heavy (non-hydrogen) atoms. The van der Waals surface area contributed by atoms with E-state index in [2.05, 4.69) is 5.32 Å². The zero-order valence-electron chi connectivity index (χ0n) is 12.4. The van der Waals surface area contributed by atoms with E-state index in [1.54, 1.807) is 12.1 Å². The van der Waals surface area contributed by atoms with Gasteiger partial charge in [0.1, 0.15) is 5.75 Å². The molecule has 1 heterocycles. The van der Waals surface area contributed by atoms with Crippen molar-refractivity contribution in [2.24, 2.45) is 0 Å². The van der Waals surface area contributed by atoms with Gasteiger partial charge in [-0.05, 0) is 6.07 Å². The zero-order chi connectivity index (χ0) is 16.1. The van der Waals surface area contributed by atoms with Crippen LogP contribution in [0.5, 0.6) is 5.75 Å². The number of benzene rings is 1. The number of aliphatic hydroxyl groups excluding tert-OH is 1. The van der Waals surface area contributed by atoms with Crippen molar-refractivity contribution in [1.29, 1.82) is 0 Å². The first-order valence-electron chi connectivity index (χ1n) is 7.05. The lowest BCUT2D eigenvalue weighted by Gasteiger charge is -2.18. The molecular formula is C15H20N2O5. The van der Waals surface area contributed by atoms with Crippen LogP contribution < -0.4 is 10.1 Å². The molecule has 7 heteroatoms. The monoisotopic (exact) mass is 308 g/mol. The number of amides is 1. The number of hydrogen-bond acceptors (Lipinski definition) is 5. The fourth-order valence-electron chi connectivity index (χ4n) is 2.55. The lowest BCUT2D eigenvalue weighted by molar-refractivity contribution is -0.139. The van der Waals surface area contributed by atoms with Crippen molar-refractivity contribution >= 4 is 11.9 Å². The van der Waals surface area contributed by atoms with Gasteiger partial charge in [-0.3, -0.25) is 9.69 Å². The van der Waals surface area contributed by atoms with Crippen molar-refractivity contribution in [3.63, 3.8) is 0 Å². The predicted molar refractivity (Wildman–Crippen MR) is 78.5 cm³/mol. The highest BCUT2D eigenvalue weighted by Crippen LogP contribution is 2.22. The van der Waals surface area contributed by atoms with E-state index in [1.165, 1.54) is 6.92 Å². The number of ether oxygens (including phenoxy) is 1. The number of aliphatic carboxylic acids is 1. The number of carbonyl (C=O) groups is 2.